The molecular weight excluding hydrogens is 280 g/mol. The Bertz CT molecular complexity index is 596. The Labute approximate surface area is 119 Å². The standard InChI is InChI=1S/C13H20N2O4S/c1-4-11(8(2)3)15-20(18,19)12-7-9(14)5-6-10(12)13(16)17/h5-8,11,15H,4,14H2,1-3H3,(H,16,17). The molecule has 0 aromatic heterocycles. The lowest BCUT2D eigenvalue weighted by Gasteiger charge is -2.21. The van der Waals surface area contributed by atoms with Crippen molar-refractivity contribution < 1.29 is 18.3 Å². The molecule has 1 unspecified atom stereocenters. The number of carboxylic acids is 1. The Kier molecular flexibility index (Phi) is 5.13. The lowest BCUT2D eigenvalue weighted by atomic mass is 10.0. The van der Waals surface area contributed by atoms with Crippen molar-refractivity contribution >= 4 is 21.7 Å². The molecule has 1 atom stereocenters. The highest BCUT2D eigenvalue weighted by Gasteiger charge is 2.26. The van der Waals surface area contributed by atoms with Crippen molar-refractivity contribution in [1.82, 2.24) is 4.72 Å². The Morgan fingerprint density at radius 2 is 2.00 bits per heavy atom. The van der Waals surface area contributed by atoms with E-state index in [0.29, 0.717) is 6.42 Å². The normalized spacial score (nSPS) is 13.4. The molecule has 0 bridgehead atoms. The highest BCUT2D eigenvalue weighted by atomic mass is 32.2. The molecule has 0 fully saturated rings. The minimum atomic E-state index is -3.93. The zero-order valence-electron chi connectivity index (χ0n) is 11.8. The van der Waals surface area contributed by atoms with E-state index in [0.717, 1.165) is 0 Å². The number of hydrogen-bond donors (Lipinski definition) is 3. The van der Waals surface area contributed by atoms with Crippen LogP contribution in [-0.4, -0.2) is 25.5 Å². The van der Waals surface area contributed by atoms with Crippen molar-refractivity contribution in [1.29, 1.82) is 0 Å². The minimum absolute atomic E-state index is 0.101. The van der Waals surface area contributed by atoms with Gasteiger partial charge in [0, 0.05) is 11.7 Å². The quantitative estimate of drug-likeness (QED) is 0.692. The van der Waals surface area contributed by atoms with Gasteiger partial charge in [-0.2, -0.15) is 0 Å². The van der Waals surface area contributed by atoms with Crippen molar-refractivity contribution in [3.63, 3.8) is 0 Å². The molecule has 4 N–H and O–H groups in total. The maximum atomic E-state index is 12.4. The predicted octanol–water partition coefficient (Wildman–Crippen LogP) is 1.68. The summed E-state index contributed by atoms with van der Waals surface area (Å²) < 4.78 is 27.2. The molecule has 0 aliphatic carbocycles. The van der Waals surface area contributed by atoms with Gasteiger partial charge in [0.05, 0.1) is 10.5 Å². The monoisotopic (exact) mass is 300 g/mol. The summed E-state index contributed by atoms with van der Waals surface area (Å²) in [6.07, 6.45) is 0.613. The van der Waals surface area contributed by atoms with E-state index in [1.165, 1.54) is 18.2 Å². The van der Waals surface area contributed by atoms with Gasteiger partial charge in [0.1, 0.15) is 0 Å². The fourth-order valence-electron chi connectivity index (χ4n) is 1.89. The summed E-state index contributed by atoms with van der Waals surface area (Å²) >= 11 is 0. The number of nitrogen functional groups attached to an aromatic ring is 1. The molecule has 6 nitrogen and oxygen atoms in total. The highest BCUT2D eigenvalue weighted by Crippen LogP contribution is 2.21. The summed E-state index contributed by atoms with van der Waals surface area (Å²) in [6.45, 7) is 5.66. The van der Waals surface area contributed by atoms with Gasteiger partial charge in [0.15, 0.2) is 0 Å². The smallest absolute Gasteiger partial charge is 0.337 e. The number of anilines is 1. The molecule has 0 aliphatic rings. The molecule has 0 amide bonds. The van der Waals surface area contributed by atoms with E-state index in [-0.39, 0.29) is 28.1 Å². The van der Waals surface area contributed by atoms with Crippen LogP contribution in [0.3, 0.4) is 0 Å². The summed E-state index contributed by atoms with van der Waals surface area (Å²) in [5.74, 6) is -1.20. The predicted molar refractivity (Wildman–Crippen MR) is 77.1 cm³/mol. The van der Waals surface area contributed by atoms with Crippen LogP contribution in [0.15, 0.2) is 23.1 Å². The lowest BCUT2D eigenvalue weighted by Crippen LogP contribution is -2.38. The van der Waals surface area contributed by atoms with Crippen LogP contribution < -0.4 is 10.5 Å². The number of hydrogen-bond acceptors (Lipinski definition) is 4. The van der Waals surface area contributed by atoms with Gasteiger partial charge in [-0.15, -0.1) is 0 Å². The van der Waals surface area contributed by atoms with E-state index in [1.807, 2.05) is 20.8 Å². The van der Waals surface area contributed by atoms with Gasteiger partial charge in [-0.3, -0.25) is 0 Å². The molecule has 1 aromatic carbocycles. The fraction of sp³-hybridized carbons (Fsp3) is 0.462. The van der Waals surface area contributed by atoms with E-state index >= 15 is 0 Å². The highest BCUT2D eigenvalue weighted by molar-refractivity contribution is 7.89. The van der Waals surface area contributed by atoms with Crippen molar-refractivity contribution in [3.8, 4) is 0 Å². The van der Waals surface area contributed by atoms with E-state index in [9.17, 15) is 13.2 Å². The number of aromatic carboxylic acids is 1. The van der Waals surface area contributed by atoms with Crippen molar-refractivity contribution in [3.05, 3.63) is 23.8 Å². The zero-order chi connectivity index (χ0) is 15.5. The molecule has 0 heterocycles. The summed E-state index contributed by atoms with van der Waals surface area (Å²) in [4.78, 5) is 10.8. The van der Waals surface area contributed by atoms with Crippen LogP contribution >= 0.6 is 0 Å². The third-order valence-corrected chi connectivity index (χ3v) is 4.61. The lowest BCUT2D eigenvalue weighted by molar-refractivity contribution is 0.0692. The topological polar surface area (TPSA) is 109 Å². The number of nitrogens with one attached hydrogen (secondary N) is 1. The third-order valence-electron chi connectivity index (χ3n) is 3.08. The summed E-state index contributed by atoms with van der Waals surface area (Å²) in [5.41, 5.74) is 5.48. The molecule has 112 valence electrons. The number of carboxylic acid groups (broad SMARTS) is 1. The van der Waals surface area contributed by atoms with Gasteiger partial charge in [0.25, 0.3) is 0 Å². The largest absolute Gasteiger partial charge is 0.478 e. The number of rotatable bonds is 6. The van der Waals surface area contributed by atoms with E-state index in [4.69, 9.17) is 10.8 Å². The van der Waals surface area contributed by atoms with Crippen molar-refractivity contribution in [2.24, 2.45) is 5.92 Å². The van der Waals surface area contributed by atoms with Crippen LogP contribution in [0.5, 0.6) is 0 Å². The third kappa shape index (κ3) is 3.71. The molecule has 7 heteroatoms. The van der Waals surface area contributed by atoms with Crippen LogP contribution in [0.1, 0.15) is 37.6 Å². The first-order valence-electron chi connectivity index (χ1n) is 6.34. The minimum Gasteiger partial charge on any atom is -0.478 e. The average molecular weight is 300 g/mol. The SMILES string of the molecule is CCC(NS(=O)(=O)c1cc(N)ccc1C(=O)O)C(C)C. The Balaban J connectivity index is 3.28. The second kappa shape index (κ2) is 6.23. The molecule has 0 spiro atoms. The molecule has 0 aliphatic heterocycles. The van der Waals surface area contributed by atoms with Gasteiger partial charge in [-0.1, -0.05) is 20.8 Å². The van der Waals surface area contributed by atoms with Crippen molar-refractivity contribution in [2.75, 3.05) is 5.73 Å². The van der Waals surface area contributed by atoms with Crippen LogP contribution in [-0.2, 0) is 10.0 Å². The van der Waals surface area contributed by atoms with Crippen LogP contribution in [0.25, 0.3) is 0 Å². The first-order chi connectivity index (χ1) is 9.19. The molecular formula is C13H20N2O4S. The number of nitrogens with two attached hydrogens (primary N) is 1. The zero-order valence-corrected chi connectivity index (χ0v) is 12.6. The van der Waals surface area contributed by atoms with Crippen LogP contribution in [0, 0.1) is 5.92 Å². The molecule has 20 heavy (non-hydrogen) atoms. The first-order valence-corrected chi connectivity index (χ1v) is 7.82. The Morgan fingerprint density at radius 3 is 2.45 bits per heavy atom. The van der Waals surface area contributed by atoms with Gasteiger partial charge in [0.2, 0.25) is 10.0 Å². The number of sulfonamides is 1. The van der Waals surface area contributed by atoms with E-state index < -0.39 is 16.0 Å². The maximum absolute atomic E-state index is 12.4. The Hall–Kier alpha value is -1.60. The molecule has 1 rings (SSSR count). The molecule has 0 saturated carbocycles. The fourth-order valence-corrected chi connectivity index (χ4v) is 3.59. The van der Waals surface area contributed by atoms with Crippen molar-refractivity contribution in [2.45, 2.75) is 38.1 Å². The first kappa shape index (κ1) is 16.5. The molecule has 1 aromatic rings. The van der Waals surface area contributed by atoms with E-state index in [1.54, 1.807) is 0 Å². The second-order valence-electron chi connectivity index (χ2n) is 4.94. The maximum Gasteiger partial charge on any atom is 0.337 e. The summed E-state index contributed by atoms with van der Waals surface area (Å²) in [5, 5.41) is 9.09. The number of benzene rings is 1. The molecule has 0 radical (unpaired) electrons. The van der Waals surface area contributed by atoms with Gasteiger partial charge in [-0.25, -0.2) is 17.9 Å². The average Bonchev–Trinajstić information content (AvgIpc) is 2.35. The van der Waals surface area contributed by atoms with Gasteiger partial charge >= 0.3 is 5.97 Å². The number of carbonyl (C=O) groups is 1. The summed E-state index contributed by atoms with van der Waals surface area (Å²) in [6, 6.07) is 3.46. The van der Waals surface area contributed by atoms with E-state index in [2.05, 4.69) is 4.72 Å². The molecule has 0 saturated heterocycles. The van der Waals surface area contributed by atoms with Gasteiger partial charge in [-0.05, 0) is 30.5 Å². The van der Waals surface area contributed by atoms with Crippen LogP contribution in [0.2, 0.25) is 0 Å². The Morgan fingerprint density at radius 1 is 1.40 bits per heavy atom. The summed E-state index contributed by atoms with van der Waals surface area (Å²) in [7, 11) is -3.93. The van der Waals surface area contributed by atoms with Gasteiger partial charge < -0.3 is 10.8 Å². The van der Waals surface area contributed by atoms with Crippen LogP contribution in [0.4, 0.5) is 5.69 Å². The second-order valence-corrected chi connectivity index (χ2v) is 6.62.